The van der Waals surface area contributed by atoms with Gasteiger partial charge in [-0.15, -0.1) is 0 Å². The van der Waals surface area contributed by atoms with Crippen LogP contribution in [0, 0.1) is 0 Å². The number of hydrogen-bond donors (Lipinski definition) is 0. The Morgan fingerprint density at radius 2 is 0.625 bits per heavy atom. The van der Waals surface area contributed by atoms with Crippen LogP contribution in [0.5, 0.6) is 0 Å². The molecule has 216 valence electrons. The average Bonchev–Trinajstić information content (AvgIpc) is 2.86. The van der Waals surface area contributed by atoms with Crippen LogP contribution >= 0.6 is 0 Å². The SMILES string of the molecule is CC(C)=CCC\C(C)=C/C=C/C(C)=C\C=C\C(C)=C\C=C\C=C(C)\C=C\C=C(C)/C=C/C=C(/C)CCC=C(C)C. The van der Waals surface area contributed by atoms with Gasteiger partial charge in [0.05, 0.1) is 0 Å². The summed E-state index contributed by atoms with van der Waals surface area (Å²) in [5, 5.41) is 0. The largest absolute Gasteiger partial charge is 0.0856 e. The zero-order chi connectivity index (χ0) is 30.2. The normalized spacial score (nSPS) is 15.1. The van der Waals surface area contributed by atoms with Crippen LogP contribution in [0.1, 0.15) is 94.9 Å². The summed E-state index contributed by atoms with van der Waals surface area (Å²) in [5.41, 5.74) is 10.5. The summed E-state index contributed by atoms with van der Waals surface area (Å²) < 4.78 is 0. The second-order valence-electron chi connectivity index (χ2n) is 11.1. The van der Waals surface area contributed by atoms with Crippen LogP contribution in [0.25, 0.3) is 0 Å². The monoisotopic (exact) mass is 536 g/mol. The Labute approximate surface area is 248 Å². The molecule has 0 aromatic heterocycles. The van der Waals surface area contributed by atoms with Gasteiger partial charge in [0.25, 0.3) is 0 Å². The highest BCUT2D eigenvalue weighted by molar-refractivity contribution is 5.32. The van der Waals surface area contributed by atoms with E-state index in [9.17, 15) is 0 Å². The molecule has 0 fully saturated rings. The lowest BCUT2D eigenvalue weighted by molar-refractivity contribution is 0.967. The van der Waals surface area contributed by atoms with E-state index >= 15 is 0 Å². The van der Waals surface area contributed by atoms with E-state index < -0.39 is 0 Å². The Kier molecular flexibility index (Phi) is 21.5. The Hall–Kier alpha value is -3.38. The van der Waals surface area contributed by atoms with E-state index in [0.29, 0.717) is 0 Å². The molecule has 0 rings (SSSR count). The molecule has 0 radical (unpaired) electrons. The van der Waals surface area contributed by atoms with Gasteiger partial charge < -0.3 is 0 Å². The van der Waals surface area contributed by atoms with Crippen molar-refractivity contribution >= 4 is 0 Å². The van der Waals surface area contributed by atoms with Crippen LogP contribution in [0.15, 0.2) is 154 Å². The first kappa shape index (κ1) is 36.6. The van der Waals surface area contributed by atoms with E-state index in [4.69, 9.17) is 0 Å². The molecule has 0 aliphatic rings. The fourth-order valence-electron chi connectivity index (χ4n) is 3.41. The first-order chi connectivity index (χ1) is 19.0. The predicted molar refractivity (Wildman–Crippen MR) is 186 cm³/mol. The molecule has 0 aromatic carbocycles. The lowest BCUT2D eigenvalue weighted by Gasteiger charge is -1.96. The quantitative estimate of drug-likeness (QED) is 0.136. The molecule has 0 saturated carbocycles. The Bertz CT molecular complexity index is 1050. The van der Waals surface area contributed by atoms with Crippen molar-refractivity contribution in [2.24, 2.45) is 0 Å². The predicted octanol–water partition coefficient (Wildman–Crippen LogP) is 12.9. The van der Waals surface area contributed by atoms with Gasteiger partial charge in [-0.1, -0.05) is 154 Å². The van der Waals surface area contributed by atoms with Gasteiger partial charge in [-0.2, -0.15) is 0 Å². The van der Waals surface area contributed by atoms with Crippen LogP contribution < -0.4 is 0 Å². The van der Waals surface area contributed by atoms with Crippen LogP contribution in [-0.2, 0) is 0 Å². The number of hydrogen-bond acceptors (Lipinski definition) is 0. The standard InChI is InChI=1S/C40H56/c1-33(2)19-13-23-37(7)27-17-31-39(9)29-15-25-35(5)21-11-12-22-36(6)26-16-30-40(10)32-18-28-38(8)24-14-20-34(3)4/h11-12,15-22,25-32H,13-14,23-24H2,1-10H3/b12-11+,25-15+,26-16+,31-17+,32-18+,35-21+,36-22+,37-27-,38-28-,39-29-,40-30-. The van der Waals surface area contributed by atoms with Crippen LogP contribution in [0.4, 0.5) is 0 Å². The topological polar surface area (TPSA) is 0 Å². The minimum atomic E-state index is 1.12. The maximum atomic E-state index is 2.30. The fraction of sp³-hybridized carbons (Fsp3) is 0.350. The first-order valence-electron chi connectivity index (χ1n) is 14.7. The van der Waals surface area contributed by atoms with Crippen molar-refractivity contribution in [2.45, 2.75) is 94.9 Å². The summed E-state index contributed by atoms with van der Waals surface area (Å²) in [6.07, 6.45) is 43.3. The van der Waals surface area contributed by atoms with Crippen molar-refractivity contribution in [3.8, 4) is 0 Å². The van der Waals surface area contributed by atoms with E-state index in [0.717, 1.165) is 25.7 Å². The third-order valence-electron chi connectivity index (χ3n) is 5.93. The number of allylic oxidation sites excluding steroid dienone is 26. The van der Waals surface area contributed by atoms with Crippen molar-refractivity contribution in [3.63, 3.8) is 0 Å². The molecule has 0 heteroatoms. The molecule has 0 aromatic rings. The van der Waals surface area contributed by atoms with Crippen molar-refractivity contribution in [1.29, 1.82) is 0 Å². The molecule has 0 aliphatic carbocycles. The second kappa shape index (κ2) is 23.5. The van der Waals surface area contributed by atoms with Crippen molar-refractivity contribution in [3.05, 3.63) is 154 Å². The Morgan fingerprint density at radius 3 is 0.925 bits per heavy atom. The molecule has 0 bridgehead atoms. The smallest absolute Gasteiger partial charge is 0.0285 e. The zero-order valence-corrected chi connectivity index (χ0v) is 27.2. The van der Waals surface area contributed by atoms with Crippen molar-refractivity contribution in [1.82, 2.24) is 0 Å². The molecule has 0 aliphatic heterocycles. The second-order valence-corrected chi connectivity index (χ2v) is 11.1. The van der Waals surface area contributed by atoms with Gasteiger partial charge in [0.2, 0.25) is 0 Å². The van der Waals surface area contributed by atoms with E-state index in [2.05, 4.69) is 179 Å². The average molecular weight is 537 g/mol. The van der Waals surface area contributed by atoms with Gasteiger partial charge in [0.1, 0.15) is 0 Å². The lowest BCUT2D eigenvalue weighted by atomic mass is 10.1. The molecule has 0 nitrogen and oxygen atoms in total. The third kappa shape index (κ3) is 24.9. The molecule has 0 spiro atoms. The molecule has 0 amide bonds. The molecule has 0 atom stereocenters. The minimum Gasteiger partial charge on any atom is -0.0856 e. The van der Waals surface area contributed by atoms with Crippen LogP contribution in [0.2, 0.25) is 0 Å². The zero-order valence-electron chi connectivity index (χ0n) is 27.2. The summed E-state index contributed by atoms with van der Waals surface area (Å²) in [7, 11) is 0. The highest BCUT2D eigenvalue weighted by atomic mass is 13.9. The van der Waals surface area contributed by atoms with E-state index in [1.54, 1.807) is 0 Å². The number of rotatable bonds is 16. The Balaban J connectivity index is 4.70. The van der Waals surface area contributed by atoms with Gasteiger partial charge in [-0.25, -0.2) is 0 Å². The first-order valence-corrected chi connectivity index (χ1v) is 14.7. The molecule has 0 N–H and O–H groups in total. The summed E-state index contributed by atoms with van der Waals surface area (Å²) in [5.74, 6) is 0. The molecule has 0 saturated heterocycles. The van der Waals surface area contributed by atoms with E-state index in [1.807, 2.05) is 0 Å². The van der Waals surface area contributed by atoms with E-state index in [-0.39, 0.29) is 0 Å². The van der Waals surface area contributed by atoms with Crippen molar-refractivity contribution < 1.29 is 0 Å². The highest BCUT2D eigenvalue weighted by Gasteiger charge is 1.88. The minimum absolute atomic E-state index is 1.12. The highest BCUT2D eigenvalue weighted by Crippen LogP contribution is 2.09. The maximum Gasteiger partial charge on any atom is -0.0285 e. The Morgan fingerprint density at radius 1 is 0.350 bits per heavy atom. The summed E-state index contributed by atoms with van der Waals surface area (Å²) in [6.45, 7) is 21.5. The summed E-state index contributed by atoms with van der Waals surface area (Å²) >= 11 is 0. The van der Waals surface area contributed by atoms with Gasteiger partial charge in [-0.3, -0.25) is 0 Å². The van der Waals surface area contributed by atoms with Crippen LogP contribution in [0.3, 0.4) is 0 Å². The summed E-state index contributed by atoms with van der Waals surface area (Å²) in [6, 6.07) is 0. The summed E-state index contributed by atoms with van der Waals surface area (Å²) in [4.78, 5) is 0. The lowest BCUT2D eigenvalue weighted by Crippen LogP contribution is -1.76. The molecular formula is C40H56. The molecular weight excluding hydrogens is 480 g/mol. The van der Waals surface area contributed by atoms with Crippen molar-refractivity contribution in [2.75, 3.05) is 0 Å². The van der Waals surface area contributed by atoms with Gasteiger partial charge in [0, 0.05) is 0 Å². The maximum absolute atomic E-state index is 2.30. The van der Waals surface area contributed by atoms with E-state index in [1.165, 1.54) is 44.6 Å². The molecule has 0 unspecified atom stereocenters. The molecule has 0 heterocycles. The molecule has 40 heavy (non-hydrogen) atoms. The fourth-order valence-corrected chi connectivity index (χ4v) is 3.41. The van der Waals surface area contributed by atoms with Gasteiger partial charge in [-0.05, 0) is 94.9 Å². The van der Waals surface area contributed by atoms with Gasteiger partial charge >= 0.3 is 0 Å². The van der Waals surface area contributed by atoms with Crippen LogP contribution in [-0.4, -0.2) is 0 Å². The van der Waals surface area contributed by atoms with Gasteiger partial charge in [0.15, 0.2) is 0 Å². The third-order valence-corrected chi connectivity index (χ3v) is 5.93.